The average molecular weight is 294 g/mol. The van der Waals surface area contributed by atoms with Gasteiger partial charge in [0.05, 0.1) is 17.9 Å². The number of carbonyl (C=O) groups excluding carboxylic acids is 2. The van der Waals surface area contributed by atoms with Crippen LogP contribution in [0.2, 0.25) is 0 Å². The van der Waals surface area contributed by atoms with Gasteiger partial charge in [-0.1, -0.05) is 12.1 Å². The van der Waals surface area contributed by atoms with E-state index in [4.69, 9.17) is 5.73 Å². The van der Waals surface area contributed by atoms with Crippen LogP contribution in [0.3, 0.4) is 0 Å². The molecule has 2 rings (SSSR count). The number of rotatable bonds is 4. The van der Waals surface area contributed by atoms with Crippen LogP contribution in [-0.2, 0) is 16.1 Å². The molecular formula is C13H22N6O2. The summed E-state index contributed by atoms with van der Waals surface area (Å²) in [5.41, 5.74) is 6.58. The van der Waals surface area contributed by atoms with Crippen molar-refractivity contribution < 1.29 is 9.59 Å². The molecule has 0 radical (unpaired) electrons. The first kappa shape index (κ1) is 15.4. The molecule has 0 spiro atoms. The maximum atomic E-state index is 12.2. The van der Waals surface area contributed by atoms with Crippen molar-refractivity contribution in [3.05, 3.63) is 11.9 Å². The maximum Gasteiger partial charge on any atom is 0.244 e. The van der Waals surface area contributed by atoms with Gasteiger partial charge in [0.15, 0.2) is 0 Å². The first-order chi connectivity index (χ1) is 10.0. The molecule has 1 atom stereocenters. The molecule has 2 heterocycles. The van der Waals surface area contributed by atoms with Crippen LogP contribution < -0.4 is 5.73 Å². The van der Waals surface area contributed by atoms with Gasteiger partial charge in [-0.25, -0.2) is 4.68 Å². The zero-order valence-electron chi connectivity index (χ0n) is 12.5. The van der Waals surface area contributed by atoms with Crippen LogP contribution in [0.1, 0.15) is 32.0 Å². The summed E-state index contributed by atoms with van der Waals surface area (Å²) in [4.78, 5) is 26.9. The van der Waals surface area contributed by atoms with E-state index in [2.05, 4.69) is 10.3 Å². The quantitative estimate of drug-likeness (QED) is 0.798. The number of nitrogens with zero attached hydrogens (tertiary/aromatic N) is 5. The molecule has 116 valence electrons. The molecule has 2 amide bonds. The molecule has 1 unspecified atom stereocenters. The van der Waals surface area contributed by atoms with Crippen LogP contribution in [0, 0.1) is 0 Å². The number of amides is 2. The van der Waals surface area contributed by atoms with Gasteiger partial charge >= 0.3 is 0 Å². The Kier molecular flexibility index (Phi) is 4.89. The molecule has 1 aliphatic heterocycles. The smallest absolute Gasteiger partial charge is 0.244 e. The van der Waals surface area contributed by atoms with Crippen LogP contribution in [0.15, 0.2) is 6.20 Å². The average Bonchev–Trinajstić information content (AvgIpc) is 2.95. The van der Waals surface area contributed by atoms with Gasteiger partial charge in [0, 0.05) is 33.1 Å². The van der Waals surface area contributed by atoms with E-state index in [1.807, 2.05) is 6.92 Å². The molecule has 1 saturated heterocycles. The fourth-order valence-electron chi connectivity index (χ4n) is 2.28. The number of hydrogen-bond acceptors (Lipinski definition) is 5. The minimum atomic E-state index is -0.145. The Morgan fingerprint density at radius 2 is 1.90 bits per heavy atom. The molecule has 2 N–H and O–H groups in total. The number of piperazine rings is 1. The largest absolute Gasteiger partial charge is 0.339 e. The van der Waals surface area contributed by atoms with E-state index >= 15 is 0 Å². The van der Waals surface area contributed by atoms with Crippen molar-refractivity contribution in [1.29, 1.82) is 0 Å². The summed E-state index contributed by atoms with van der Waals surface area (Å²) in [6.45, 7) is 5.98. The number of nitrogens with two attached hydrogens (primary N) is 1. The van der Waals surface area contributed by atoms with Crippen molar-refractivity contribution in [3.63, 3.8) is 0 Å². The van der Waals surface area contributed by atoms with Crippen LogP contribution in [0.25, 0.3) is 0 Å². The molecule has 1 fully saturated rings. The standard InChI is InChI=1S/C13H22N6O2/c1-3-11(14)12-8-19(16-15-12)9-13(21)18-6-4-17(5-7-18)10(2)20/h8,11H,3-7,9,14H2,1-2H3. The Hall–Kier alpha value is -1.96. The molecule has 1 aromatic rings. The second-order valence-corrected chi connectivity index (χ2v) is 5.24. The molecule has 1 aromatic heterocycles. The van der Waals surface area contributed by atoms with Crippen molar-refractivity contribution in [2.45, 2.75) is 32.9 Å². The molecule has 0 saturated carbocycles. The number of aromatic nitrogens is 3. The summed E-state index contributed by atoms with van der Waals surface area (Å²) < 4.78 is 1.52. The Morgan fingerprint density at radius 3 is 2.48 bits per heavy atom. The van der Waals surface area contributed by atoms with E-state index in [9.17, 15) is 9.59 Å². The first-order valence-electron chi connectivity index (χ1n) is 7.20. The predicted molar refractivity (Wildman–Crippen MR) is 76.1 cm³/mol. The summed E-state index contributed by atoms with van der Waals surface area (Å²) in [5, 5.41) is 7.92. The van der Waals surface area contributed by atoms with Crippen LogP contribution in [-0.4, -0.2) is 62.8 Å². The monoisotopic (exact) mass is 294 g/mol. The Labute approximate surface area is 123 Å². The maximum absolute atomic E-state index is 12.2. The van der Waals surface area contributed by atoms with Gasteiger partial charge in [0.25, 0.3) is 0 Å². The van der Waals surface area contributed by atoms with Crippen molar-refractivity contribution in [2.75, 3.05) is 26.2 Å². The lowest BCUT2D eigenvalue weighted by atomic mass is 10.2. The SMILES string of the molecule is CCC(N)c1cn(CC(=O)N2CCN(C(C)=O)CC2)nn1. The third-order valence-corrected chi connectivity index (χ3v) is 3.75. The second kappa shape index (κ2) is 6.66. The number of carbonyl (C=O) groups is 2. The number of hydrogen-bond donors (Lipinski definition) is 1. The molecule has 8 heteroatoms. The van der Waals surface area contributed by atoms with Gasteiger partial charge in [0.2, 0.25) is 11.8 Å². The lowest BCUT2D eigenvalue weighted by Crippen LogP contribution is -2.50. The van der Waals surface area contributed by atoms with E-state index in [1.54, 1.807) is 22.9 Å². The van der Waals surface area contributed by atoms with E-state index in [0.717, 1.165) is 6.42 Å². The highest BCUT2D eigenvalue weighted by atomic mass is 16.2. The van der Waals surface area contributed by atoms with E-state index in [-0.39, 0.29) is 24.4 Å². The van der Waals surface area contributed by atoms with Gasteiger partial charge < -0.3 is 15.5 Å². The van der Waals surface area contributed by atoms with Crippen molar-refractivity contribution in [1.82, 2.24) is 24.8 Å². The van der Waals surface area contributed by atoms with Crippen molar-refractivity contribution >= 4 is 11.8 Å². The third kappa shape index (κ3) is 3.78. The molecule has 1 aliphatic rings. The van der Waals surface area contributed by atoms with Gasteiger partial charge in [-0.2, -0.15) is 0 Å². The molecular weight excluding hydrogens is 272 g/mol. The highest BCUT2D eigenvalue weighted by molar-refractivity contribution is 5.77. The zero-order chi connectivity index (χ0) is 15.4. The van der Waals surface area contributed by atoms with E-state index < -0.39 is 0 Å². The Morgan fingerprint density at radius 1 is 1.29 bits per heavy atom. The summed E-state index contributed by atoms with van der Waals surface area (Å²) in [7, 11) is 0. The van der Waals surface area contributed by atoms with E-state index in [0.29, 0.717) is 31.9 Å². The third-order valence-electron chi connectivity index (χ3n) is 3.75. The lowest BCUT2D eigenvalue weighted by Gasteiger charge is -2.34. The van der Waals surface area contributed by atoms with Crippen LogP contribution >= 0.6 is 0 Å². The minimum absolute atomic E-state index is 0.0141. The zero-order valence-corrected chi connectivity index (χ0v) is 12.5. The molecule has 0 aromatic carbocycles. The van der Waals surface area contributed by atoms with Gasteiger partial charge in [-0.3, -0.25) is 9.59 Å². The summed E-state index contributed by atoms with van der Waals surface area (Å²) in [6.07, 6.45) is 2.50. The lowest BCUT2D eigenvalue weighted by molar-refractivity contribution is -0.138. The van der Waals surface area contributed by atoms with Gasteiger partial charge in [-0.05, 0) is 6.42 Å². The summed E-state index contributed by atoms with van der Waals surface area (Å²) in [6, 6.07) is -0.145. The molecule has 8 nitrogen and oxygen atoms in total. The van der Waals surface area contributed by atoms with E-state index in [1.165, 1.54) is 4.68 Å². The Balaban J connectivity index is 1.87. The van der Waals surface area contributed by atoms with Crippen LogP contribution in [0.4, 0.5) is 0 Å². The second-order valence-electron chi connectivity index (χ2n) is 5.24. The summed E-state index contributed by atoms with van der Waals surface area (Å²) in [5.74, 6) is 0.0382. The highest BCUT2D eigenvalue weighted by Crippen LogP contribution is 2.09. The Bertz CT molecular complexity index is 507. The van der Waals surface area contributed by atoms with Crippen molar-refractivity contribution in [3.8, 4) is 0 Å². The van der Waals surface area contributed by atoms with Gasteiger partial charge in [0.1, 0.15) is 6.54 Å². The normalized spacial score (nSPS) is 16.9. The van der Waals surface area contributed by atoms with Crippen LogP contribution in [0.5, 0.6) is 0 Å². The fraction of sp³-hybridized carbons (Fsp3) is 0.692. The fourth-order valence-corrected chi connectivity index (χ4v) is 2.28. The van der Waals surface area contributed by atoms with Gasteiger partial charge in [-0.15, -0.1) is 5.10 Å². The first-order valence-corrected chi connectivity index (χ1v) is 7.20. The topological polar surface area (TPSA) is 97.3 Å². The molecule has 0 bridgehead atoms. The minimum Gasteiger partial charge on any atom is -0.339 e. The predicted octanol–water partition coefficient (Wildman–Crippen LogP) is -0.621. The molecule has 0 aliphatic carbocycles. The highest BCUT2D eigenvalue weighted by Gasteiger charge is 2.22. The molecule has 21 heavy (non-hydrogen) atoms. The summed E-state index contributed by atoms with van der Waals surface area (Å²) >= 11 is 0. The van der Waals surface area contributed by atoms with Crippen molar-refractivity contribution in [2.24, 2.45) is 5.73 Å².